The predicted molar refractivity (Wildman–Crippen MR) is 83.7 cm³/mol. The van der Waals surface area contributed by atoms with E-state index in [4.69, 9.17) is 0 Å². The van der Waals surface area contributed by atoms with Crippen LogP contribution in [0.2, 0.25) is 0 Å². The van der Waals surface area contributed by atoms with E-state index in [9.17, 15) is 9.90 Å². The lowest BCUT2D eigenvalue weighted by Crippen LogP contribution is -2.04. The molecular weight excluding hydrogens is 284 g/mol. The van der Waals surface area contributed by atoms with Gasteiger partial charge in [-0.3, -0.25) is 0 Å². The molecule has 21 heavy (non-hydrogen) atoms. The first-order valence-electron chi connectivity index (χ1n) is 6.33. The molecule has 0 fully saturated rings. The lowest BCUT2D eigenvalue weighted by molar-refractivity contribution is 0.0696. The topological polar surface area (TPSA) is 63.1 Å². The van der Waals surface area contributed by atoms with Crippen molar-refractivity contribution in [3.05, 3.63) is 54.2 Å². The van der Waals surface area contributed by atoms with Crippen molar-refractivity contribution in [2.45, 2.75) is 5.16 Å². The molecule has 3 rings (SSSR count). The number of nitrogens with zero attached hydrogens (tertiary/aromatic N) is 2. The van der Waals surface area contributed by atoms with Gasteiger partial charge in [0.15, 0.2) is 5.16 Å². The van der Waals surface area contributed by atoms with Gasteiger partial charge in [-0.1, -0.05) is 54.2 Å². The Morgan fingerprint density at radius 2 is 1.90 bits per heavy atom. The summed E-state index contributed by atoms with van der Waals surface area (Å²) in [5.41, 5.74) is 1.38. The molecule has 0 spiro atoms. The molecule has 4 nitrogen and oxygen atoms in total. The third-order valence-corrected chi connectivity index (χ3v) is 3.79. The van der Waals surface area contributed by atoms with Gasteiger partial charge in [-0.05, 0) is 17.0 Å². The first kappa shape index (κ1) is 13.6. The van der Waals surface area contributed by atoms with E-state index in [2.05, 4.69) is 9.97 Å². The van der Waals surface area contributed by atoms with Crippen LogP contribution in [0.15, 0.2) is 53.8 Å². The molecule has 2 aromatic carbocycles. The number of carboxylic acids is 1. The van der Waals surface area contributed by atoms with Crippen molar-refractivity contribution in [3.8, 4) is 11.3 Å². The van der Waals surface area contributed by atoms with Crippen LogP contribution in [-0.4, -0.2) is 27.3 Å². The fourth-order valence-electron chi connectivity index (χ4n) is 2.26. The fraction of sp³-hybridized carbons (Fsp3) is 0.0625. The summed E-state index contributed by atoms with van der Waals surface area (Å²) < 4.78 is 0. The standard InChI is InChI=1S/C16H12N2O2S/c1-21-16-17-9-13(15(19)20)14(18-16)12-8-4-6-10-5-2-3-7-11(10)12/h2-9H,1H3,(H,19,20). The van der Waals surface area contributed by atoms with Crippen LogP contribution in [0.1, 0.15) is 10.4 Å². The Bertz CT molecular complexity index is 828. The van der Waals surface area contributed by atoms with Crippen molar-refractivity contribution < 1.29 is 9.90 Å². The summed E-state index contributed by atoms with van der Waals surface area (Å²) in [6, 6.07) is 13.6. The van der Waals surface area contributed by atoms with Crippen molar-refractivity contribution in [1.29, 1.82) is 0 Å². The number of benzene rings is 2. The number of rotatable bonds is 3. The van der Waals surface area contributed by atoms with E-state index in [-0.39, 0.29) is 5.56 Å². The molecule has 0 aliphatic carbocycles. The highest BCUT2D eigenvalue weighted by molar-refractivity contribution is 7.98. The van der Waals surface area contributed by atoms with Crippen molar-refractivity contribution in [2.24, 2.45) is 0 Å². The van der Waals surface area contributed by atoms with Crippen molar-refractivity contribution in [1.82, 2.24) is 9.97 Å². The molecule has 5 heteroatoms. The summed E-state index contributed by atoms with van der Waals surface area (Å²) in [6.45, 7) is 0. The number of aromatic nitrogens is 2. The Kier molecular flexibility index (Phi) is 3.58. The van der Waals surface area contributed by atoms with Crippen LogP contribution in [0.3, 0.4) is 0 Å². The van der Waals surface area contributed by atoms with Gasteiger partial charge in [0, 0.05) is 11.8 Å². The Balaban J connectivity index is 2.34. The van der Waals surface area contributed by atoms with E-state index in [1.165, 1.54) is 18.0 Å². The van der Waals surface area contributed by atoms with Crippen LogP contribution >= 0.6 is 11.8 Å². The van der Waals surface area contributed by atoms with Crippen molar-refractivity contribution in [3.63, 3.8) is 0 Å². The SMILES string of the molecule is CSc1ncc(C(=O)O)c(-c2cccc3ccccc23)n1. The molecule has 0 radical (unpaired) electrons. The highest BCUT2D eigenvalue weighted by Gasteiger charge is 2.16. The second-order valence-electron chi connectivity index (χ2n) is 4.45. The van der Waals surface area contributed by atoms with Gasteiger partial charge in [0.2, 0.25) is 0 Å². The summed E-state index contributed by atoms with van der Waals surface area (Å²) in [6.07, 6.45) is 3.24. The first-order chi connectivity index (χ1) is 10.2. The number of carboxylic acid groups (broad SMARTS) is 1. The lowest BCUT2D eigenvalue weighted by atomic mass is 9.99. The van der Waals surface area contributed by atoms with Crippen molar-refractivity contribution in [2.75, 3.05) is 6.26 Å². The minimum atomic E-state index is -1.02. The lowest BCUT2D eigenvalue weighted by Gasteiger charge is -2.09. The Hall–Kier alpha value is -2.40. The van der Waals surface area contributed by atoms with Crippen LogP contribution in [0.5, 0.6) is 0 Å². The molecule has 0 saturated carbocycles. The molecule has 3 aromatic rings. The molecule has 1 aromatic heterocycles. The Labute approximate surface area is 125 Å². The van der Waals surface area contributed by atoms with E-state index in [1.54, 1.807) is 0 Å². The van der Waals surface area contributed by atoms with Crippen LogP contribution in [-0.2, 0) is 0 Å². The van der Waals surface area contributed by atoms with Crippen LogP contribution in [0, 0.1) is 0 Å². The number of fused-ring (bicyclic) bond motifs is 1. The van der Waals surface area contributed by atoms with Gasteiger partial charge in [-0.2, -0.15) is 0 Å². The zero-order valence-electron chi connectivity index (χ0n) is 11.3. The zero-order chi connectivity index (χ0) is 14.8. The molecule has 0 unspecified atom stereocenters. The summed E-state index contributed by atoms with van der Waals surface area (Å²) in [7, 11) is 0. The van der Waals surface area contributed by atoms with Crippen LogP contribution in [0.25, 0.3) is 22.0 Å². The predicted octanol–water partition coefficient (Wildman–Crippen LogP) is 3.72. The second-order valence-corrected chi connectivity index (χ2v) is 5.22. The first-order valence-corrected chi connectivity index (χ1v) is 7.55. The van der Waals surface area contributed by atoms with Gasteiger partial charge in [0.05, 0.1) is 5.69 Å². The van der Waals surface area contributed by atoms with E-state index in [0.29, 0.717) is 10.9 Å². The second kappa shape index (κ2) is 5.54. The maximum Gasteiger partial charge on any atom is 0.339 e. The maximum absolute atomic E-state index is 11.4. The van der Waals surface area contributed by atoms with Crippen molar-refractivity contribution >= 4 is 28.5 Å². The molecule has 0 bridgehead atoms. The zero-order valence-corrected chi connectivity index (χ0v) is 12.1. The van der Waals surface area contributed by atoms with Gasteiger partial charge in [0.1, 0.15) is 5.56 Å². The highest BCUT2D eigenvalue weighted by Crippen LogP contribution is 2.30. The minimum Gasteiger partial charge on any atom is -0.478 e. The van der Waals surface area contributed by atoms with E-state index < -0.39 is 5.97 Å². The molecular formula is C16H12N2O2S. The van der Waals surface area contributed by atoms with Gasteiger partial charge in [-0.15, -0.1) is 0 Å². The van der Waals surface area contributed by atoms with Crippen LogP contribution < -0.4 is 0 Å². The number of carbonyl (C=O) groups is 1. The molecule has 1 heterocycles. The fourth-order valence-corrected chi connectivity index (χ4v) is 2.60. The molecule has 104 valence electrons. The van der Waals surface area contributed by atoms with Crippen LogP contribution in [0.4, 0.5) is 0 Å². The monoisotopic (exact) mass is 296 g/mol. The summed E-state index contributed by atoms with van der Waals surface area (Å²) in [5.74, 6) is -1.02. The van der Waals surface area contributed by atoms with E-state index in [0.717, 1.165) is 16.3 Å². The minimum absolute atomic E-state index is 0.115. The smallest absolute Gasteiger partial charge is 0.339 e. The Morgan fingerprint density at radius 1 is 1.14 bits per heavy atom. The maximum atomic E-state index is 11.4. The highest BCUT2D eigenvalue weighted by atomic mass is 32.2. The molecule has 1 N–H and O–H groups in total. The van der Waals surface area contributed by atoms with Gasteiger partial charge in [-0.25, -0.2) is 14.8 Å². The number of hydrogen-bond donors (Lipinski definition) is 1. The Morgan fingerprint density at radius 3 is 2.67 bits per heavy atom. The number of thioether (sulfide) groups is 1. The molecule has 0 aliphatic heterocycles. The average Bonchev–Trinajstić information content (AvgIpc) is 2.53. The normalized spacial score (nSPS) is 10.7. The summed E-state index contributed by atoms with van der Waals surface area (Å²) in [5, 5.41) is 12.0. The molecule has 0 amide bonds. The number of aromatic carboxylic acids is 1. The van der Waals surface area contributed by atoms with E-state index in [1.807, 2.05) is 48.7 Å². The van der Waals surface area contributed by atoms with Gasteiger partial charge in [0.25, 0.3) is 0 Å². The third-order valence-electron chi connectivity index (χ3n) is 3.22. The molecule has 0 saturated heterocycles. The average molecular weight is 296 g/mol. The third kappa shape index (κ3) is 2.48. The quantitative estimate of drug-likeness (QED) is 0.589. The molecule has 0 aliphatic rings. The molecule has 0 atom stereocenters. The number of hydrogen-bond acceptors (Lipinski definition) is 4. The van der Waals surface area contributed by atoms with Gasteiger partial charge >= 0.3 is 5.97 Å². The summed E-state index contributed by atoms with van der Waals surface area (Å²) >= 11 is 1.39. The summed E-state index contributed by atoms with van der Waals surface area (Å²) in [4.78, 5) is 19.9. The largest absolute Gasteiger partial charge is 0.478 e. The van der Waals surface area contributed by atoms with Gasteiger partial charge < -0.3 is 5.11 Å². The van der Waals surface area contributed by atoms with E-state index >= 15 is 0 Å².